The fourth-order valence-electron chi connectivity index (χ4n) is 4.90. The van der Waals surface area contributed by atoms with Crippen LogP contribution in [0.15, 0.2) is 109 Å². The van der Waals surface area contributed by atoms with Crippen molar-refractivity contribution in [3.63, 3.8) is 0 Å². The Bertz CT molecular complexity index is 1550. The lowest BCUT2D eigenvalue weighted by Gasteiger charge is -2.11. The van der Waals surface area contributed by atoms with Gasteiger partial charge in [0.2, 0.25) is 0 Å². The summed E-state index contributed by atoms with van der Waals surface area (Å²) >= 11 is 0. The van der Waals surface area contributed by atoms with Crippen molar-refractivity contribution in [1.82, 2.24) is 19.1 Å². The maximum Gasteiger partial charge on any atom is 0.140 e. The van der Waals surface area contributed by atoms with Gasteiger partial charge in [0.1, 0.15) is 11.6 Å². The Labute approximate surface area is 184 Å². The van der Waals surface area contributed by atoms with Gasteiger partial charge in [0.25, 0.3) is 0 Å². The van der Waals surface area contributed by atoms with Crippen molar-refractivity contribution in [2.24, 2.45) is 0 Å². The first-order valence-corrected chi connectivity index (χ1v) is 10.7. The molecule has 4 heteroatoms. The van der Waals surface area contributed by atoms with E-state index in [4.69, 9.17) is 4.98 Å². The minimum absolute atomic E-state index is 0.878. The van der Waals surface area contributed by atoms with E-state index in [2.05, 4.69) is 111 Å². The molecule has 0 bridgehead atoms. The average molecular weight is 410 g/mol. The Balaban J connectivity index is 1.55. The molecule has 7 aromatic rings. The Kier molecular flexibility index (Phi) is 3.52. The molecule has 0 aliphatic rings. The van der Waals surface area contributed by atoms with Gasteiger partial charge in [0, 0.05) is 27.7 Å². The average Bonchev–Trinajstić information content (AvgIpc) is 3.37. The number of rotatable bonds is 2. The molecule has 4 nitrogen and oxygen atoms in total. The maximum absolute atomic E-state index is 5.16. The summed E-state index contributed by atoms with van der Waals surface area (Å²) in [6, 6.07) is 33.8. The Morgan fingerprint density at radius 3 is 1.47 bits per heavy atom. The van der Waals surface area contributed by atoms with Crippen LogP contribution in [0.25, 0.3) is 55.2 Å². The highest BCUT2D eigenvalue weighted by Crippen LogP contribution is 2.33. The molecule has 4 heterocycles. The van der Waals surface area contributed by atoms with Crippen molar-refractivity contribution in [3.05, 3.63) is 109 Å². The standard InChI is InChI=1S/C28H18N4/c1-4-11-23-19(8-1)20-9-2-5-12-24(20)31(23)27-14-7-15-28(30-27)32-25-13-6-3-10-21(25)22-16-17-29-18-26(22)32/h1-18H. The number of hydrogen-bond acceptors (Lipinski definition) is 2. The number of para-hydroxylation sites is 3. The minimum Gasteiger partial charge on any atom is -0.294 e. The van der Waals surface area contributed by atoms with Crippen LogP contribution in [0.1, 0.15) is 0 Å². The molecule has 0 saturated carbocycles. The Morgan fingerprint density at radius 1 is 0.438 bits per heavy atom. The molecule has 4 aromatic heterocycles. The molecule has 0 spiro atoms. The molecule has 0 atom stereocenters. The first-order valence-electron chi connectivity index (χ1n) is 10.7. The second-order valence-electron chi connectivity index (χ2n) is 7.97. The van der Waals surface area contributed by atoms with Gasteiger partial charge in [-0.05, 0) is 36.4 Å². The van der Waals surface area contributed by atoms with Crippen LogP contribution in [0.4, 0.5) is 0 Å². The van der Waals surface area contributed by atoms with E-state index in [1.54, 1.807) is 0 Å². The highest BCUT2D eigenvalue weighted by atomic mass is 15.1. The summed E-state index contributed by atoms with van der Waals surface area (Å²) in [5, 5.41) is 4.85. The molecule has 0 amide bonds. The molecule has 32 heavy (non-hydrogen) atoms. The highest BCUT2D eigenvalue weighted by Gasteiger charge is 2.15. The van der Waals surface area contributed by atoms with Gasteiger partial charge in [-0.1, -0.05) is 60.7 Å². The van der Waals surface area contributed by atoms with E-state index in [9.17, 15) is 0 Å². The summed E-state index contributed by atoms with van der Waals surface area (Å²) in [5.74, 6) is 1.78. The third kappa shape index (κ3) is 2.32. The molecular weight excluding hydrogens is 392 g/mol. The van der Waals surface area contributed by atoms with Gasteiger partial charge in [0.15, 0.2) is 0 Å². The highest BCUT2D eigenvalue weighted by molar-refractivity contribution is 6.10. The minimum atomic E-state index is 0.878. The van der Waals surface area contributed by atoms with E-state index < -0.39 is 0 Å². The molecule has 0 N–H and O–H groups in total. The van der Waals surface area contributed by atoms with Crippen LogP contribution in [-0.2, 0) is 0 Å². The Morgan fingerprint density at radius 2 is 0.906 bits per heavy atom. The lowest BCUT2D eigenvalue weighted by Crippen LogP contribution is -2.03. The fourth-order valence-corrected chi connectivity index (χ4v) is 4.90. The van der Waals surface area contributed by atoms with Gasteiger partial charge in [-0.25, -0.2) is 4.98 Å². The van der Waals surface area contributed by atoms with Crippen LogP contribution in [0.3, 0.4) is 0 Å². The van der Waals surface area contributed by atoms with Crippen molar-refractivity contribution in [2.75, 3.05) is 0 Å². The zero-order valence-corrected chi connectivity index (χ0v) is 17.2. The summed E-state index contributed by atoms with van der Waals surface area (Å²) < 4.78 is 4.45. The van der Waals surface area contributed by atoms with Crippen molar-refractivity contribution < 1.29 is 0 Å². The van der Waals surface area contributed by atoms with Crippen molar-refractivity contribution >= 4 is 43.6 Å². The molecule has 0 saturated heterocycles. The second-order valence-corrected chi connectivity index (χ2v) is 7.97. The molecule has 3 aromatic carbocycles. The topological polar surface area (TPSA) is 35.6 Å². The van der Waals surface area contributed by atoms with E-state index >= 15 is 0 Å². The third-order valence-corrected chi connectivity index (χ3v) is 6.23. The normalized spacial score (nSPS) is 11.8. The van der Waals surface area contributed by atoms with Gasteiger partial charge in [0.05, 0.1) is 28.3 Å². The van der Waals surface area contributed by atoms with Crippen LogP contribution < -0.4 is 0 Å². The van der Waals surface area contributed by atoms with Crippen LogP contribution in [-0.4, -0.2) is 19.1 Å². The van der Waals surface area contributed by atoms with Crippen LogP contribution >= 0.6 is 0 Å². The smallest absolute Gasteiger partial charge is 0.140 e. The molecule has 0 unspecified atom stereocenters. The number of aromatic nitrogens is 4. The zero-order chi connectivity index (χ0) is 21.1. The van der Waals surface area contributed by atoms with Gasteiger partial charge in [-0.15, -0.1) is 0 Å². The third-order valence-electron chi connectivity index (χ3n) is 6.23. The fraction of sp³-hybridized carbons (Fsp3) is 0. The SMILES string of the molecule is c1cc(-n2c3ccccc3c3ccccc32)nc(-n2c3ccccc3c3ccncc32)c1. The van der Waals surface area contributed by atoms with Crippen molar-refractivity contribution in [3.8, 4) is 11.6 Å². The van der Waals surface area contributed by atoms with Crippen LogP contribution in [0.2, 0.25) is 0 Å². The molecule has 0 aliphatic heterocycles. The molecule has 150 valence electrons. The summed E-state index contributed by atoms with van der Waals surface area (Å²) in [5.41, 5.74) is 4.49. The molecule has 7 rings (SSSR count). The van der Waals surface area contributed by atoms with E-state index in [0.29, 0.717) is 0 Å². The zero-order valence-electron chi connectivity index (χ0n) is 17.2. The van der Waals surface area contributed by atoms with Crippen LogP contribution in [0.5, 0.6) is 0 Å². The summed E-state index contributed by atoms with van der Waals surface area (Å²) in [4.78, 5) is 9.55. The second kappa shape index (κ2) is 6.53. The quantitative estimate of drug-likeness (QED) is 0.319. The number of fused-ring (bicyclic) bond motifs is 6. The number of pyridine rings is 2. The van der Waals surface area contributed by atoms with Crippen LogP contribution in [0, 0.1) is 0 Å². The van der Waals surface area contributed by atoms with Gasteiger partial charge < -0.3 is 0 Å². The molecule has 0 aliphatic carbocycles. The first-order chi connectivity index (χ1) is 15.9. The number of benzene rings is 3. The molecule has 0 fully saturated rings. The van der Waals surface area contributed by atoms with Crippen molar-refractivity contribution in [1.29, 1.82) is 0 Å². The van der Waals surface area contributed by atoms with E-state index in [1.807, 2.05) is 12.4 Å². The lowest BCUT2D eigenvalue weighted by atomic mass is 10.2. The van der Waals surface area contributed by atoms with Gasteiger partial charge in [-0.2, -0.15) is 0 Å². The predicted molar refractivity (Wildman–Crippen MR) is 131 cm³/mol. The van der Waals surface area contributed by atoms with Gasteiger partial charge >= 0.3 is 0 Å². The van der Waals surface area contributed by atoms with Gasteiger partial charge in [-0.3, -0.25) is 14.1 Å². The summed E-state index contributed by atoms with van der Waals surface area (Å²) in [7, 11) is 0. The molecule has 0 radical (unpaired) electrons. The largest absolute Gasteiger partial charge is 0.294 e. The number of hydrogen-bond donors (Lipinski definition) is 0. The van der Waals surface area contributed by atoms with Crippen molar-refractivity contribution in [2.45, 2.75) is 0 Å². The monoisotopic (exact) mass is 410 g/mol. The van der Waals surface area contributed by atoms with E-state index in [-0.39, 0.29) is 0 Å². The summed E-state index contributed by atoms with van der Waals surface area (Å²) in [6.45, 7) is 0. The first kappa shape index (κ1) is 17.3. The maximum atomic E-state index is 5.16. The van der Waals surface area contributed by atoms with E-state index in [1.165, 1.54) is 21.5 Å². The lowest BCUT2D eigenvalue weighted by molar-refractivity contribution is 1.01. The predicted octanol–water partition coefficient (Wildman–Crippen LogP) is 6.67. The Hall–Kier alpha value is -4.44. The summed E-state index contributed by atoms with van der Waals surface area (Å²) in [6.07, 6.45) is 3.77. The number of nitrogens with zero attached hydrogens (tertiary/aromatic N) is 4. The molecular formula is C28H18N4. The van der Waals surface area contributed by atoms with E-state index in [0.717, 1.165) is 33.7 Å².